The van der Waals surface area contributed by atoms with Gasteiger partial charge in [0.15, 0.2) is 12.4 Å². The first kappa shape index (κ1) is 25.6. The number of allylic oxidation sites excluding steroid dienone is 2. The lowest BCUT2D eigenvalue weighted by Crippen LogP contribution is -2.32. The van der Waals surface area contributed by atoms with Crippen LogP contribution in [0.25, 0.3) is 0 Å². The van der Waals surface area contributed by atoms with Crippen molar-refractivity contribution < 1.29 is 33.3 Å². The molecule has 0 amide bonds. The highest BCUT2D eigenvalue weighted by atomic mass is 16.7. The zero-order valence-electron chi connectivity index (χ0n) is 20.1. The Balaban J connectivity index is 1.71. The molecule has 1 N–H and O–H groups in total. The minimum atomic E-state index is -0.944. The van der Waals surface area contributed by atoms with Crippen molar-refractivity contribution in [3.63, 3.8) is 0 Å². The largest absolute Gasteiger partial charge is 0.619 e. The molecular weight excluding hydrogens is 454 g/mol. The fraction of sp³-hybridized carbons (Fsp3) is 0.320. The quantitative estimate of drug-likeness (QED) is 0.342. The summed E-state index contributed by atoms with van der Waals surface area (Å²) in [5, 5.41) is 15.0. The molecule has 1 unspecified atom stereocenters. The lowest BCUT2D eigenvalue weighted by atomic mass is 9.91. The molecule has 0 spiro atoms. The van der Waals surface area contributed by atoms with Crippen LogP contribution in [0, 0.1) is 5.21 Å². The van der Waals surface area contributed by atoms with E-state index in [1.165, 1.54) is 19.5 Å². The number of hydrogen-bond donors (Lipinski definition) is 1. The van der Waals surface area contributed by atoms with E-state index in [1.807, 2.05) is 42.3 Å². The second-order valence-corrected chi connectivity index (χ2v) is 8.01. The van der Waals surface area contributed by atoms with E-state index in [9.17, 15) is 14.8 Å². The number of nitrogens with one attached hydrogen (secondary N) is 1. The van der Waals surface area contributed by atoms with Gasteiger partial charge in [-0.1, -0.05) is 30.3 Å². The molecule has 1 atom stereocenters. The summed E-state index contributed by atoms with van der Waals surface area (Å²) >= 11 is 0. The maximum atomic E-state index is 12.6. The number of dihydropyridines is 1. The van der Waals surface area contributed by atoms with Gasteiger partial charge in [0.2, 0.25) is 0 Å². The summed E-state index contributed by atoms with van der Waals surface area (Å²) in [6.45, 7) is 4.71. The van der Waals surface area contributed by atoms with Crippen LogP contribution >= 0.6 is 0 Å². The minimum Gasteiger partial charge on any atom is -0.619 e. The maximum Gasteiger partial charge on any atom is 0.513 e. The average molecular weight is 484 g/mol. The first-order chi connectivity index (χ1) is 16.8. The first-order valence-corrected chi connectivity index (χ1v) is 11.0. The third kappa shape index (κ3) is 6.97. The summed E-state index contributed by atoms with van der Waals surface area (Å²) in [5.41, 5.74) is 2.60. The molecule has 0 aliphatic carbocycles. The Kier molecular flexibility index (Phi) is 8.69. The van der Waals surface area contributed by atoms with Crippen molar-refractivity contribution in [2.45, 2.75) is 26.3 Å². The highest BCUT2D eigenvalue weighted by molar-refractivity contribution is 5.64. The van der Waals surface area contributed by atoms with Gasteiger partial charge in [0.25, 0.3) is 0 Å². The van der Waals surface area contributed by atoms with Gasteiger partial charge in [-0.25, -0.2) is 9.59 Å². The van der Waals surface area contributed by atoms with Crippen molar-refractivity contribution >= 4 is 12.3 Å². The van der Waals surface area contributed by atoms with E-state index < -0.39 is 18.2 Å². The van der Waals surface area contributed by atoms with Gasteiger partial charge in [0.1, 0.15) is 24.0 Å². The number of ether oxygens (including phenoxy) is 4. The molecule has 10 heteroatoms. The Bertz CT molecular complexity index is 1120. The van der Waals surface area contributed by atoms with Gasteiger partial charge in [0.05, 0.1) is 18.5 Å². The number of rotatable bonds is 8. The fourth-order valence-electron chi connectivity index (χ4n) is 3.68. The minimum absolute atomic E-state index is 0.110. The van der Waals surface area contributed by atoms with E-state index >= 15 is 0 Å². The molecule has 0 fully saturated rings. The summed E-state index contributed by atoms with van der Waals surface area (Å²) in [7, 11) is 3.11. The van der Waals surface area contributed by atoms with Gasteiger partial charge in [-0.05, 0) is 32.5 Å². The SMILES string of the molecule is COC(=O)OC1=C(C)NC(C)=C(OC(=O)OCCN(C)Cc2ccccc2)C1c1ccc[n+]([O-])c1. The van der Waals surface area contributed by atoms with Gasteiger partial charge in [0, 0.05) is 24.7 Å². The van der Waals surface area contributed by atoms with E-state index in [0.717, 1.165) is 5.56 Å². The molecule has 3 rings (SSSR count). The number of pyridine rings is 1. The van der Waals surface area contributed by atoms with Crippen LogP contribution < -0.4 is 10.0 Å². The molecule has 10 nitrogen and oxygen atoms in total. The third-order valence-corrected chi connectivity index (χ3v) is 5.31. The highest BCUT2D eigenvalue weighted by Gasteiger charge is 2.36. The smallest absolute Gasteiger partial charge is 0.513 e. The van der Waals surface area contributed by atoms with Crippen LogP contribution in [-0.2, 0) is 25.5 Å². The molecule has 0 saturated carbocycles. The monoisotopic (exact) mass is 483 g/mol. The molecule has 1 aliphatic heterocycles. The van der Waals surface area contributed by atoms with Crippen LogP contribution in [0.3, 0.4) is 0 Å². The number of hydrogen-bond acceptors (Lipinski definition) is 9. The zero-order valence-corrected chi connectivity index (χ0v) is 20.1. The van der Waals surface area contributed by atoms with E-state index in [4.69, 9.17) is 14.2 Å². The fourth-order valence-corrected chi connectivity index (χ4v) is 3.68. The number of carbonyl (C=O) groups is 2. The van der Waals surface area contributed by atoms with Crippen molar-refractivity contribution in [3.05, 3.63) is 94.1 Å². The molecule has 0 saturated heterocycles. The molecule has 0 radical (unpaired) electrons. The summed E-state index contributed by atoms with van der Waals surface area (Å²) in [6.07, 6.45) is 0.770. The number of aromatic nitrogens is 1. The second-order valence-electron chi connectivity index (χ2n) is 8.01. The summed E-state index contributed by atoms with van der Waals surface area (Å²) in [5.74, 6) is -0.576. The number of carbonyl (C=O) groups excluding carboxylic acids is 2. The van der Waals surface area contributed by atoms with Crippen molar-refractivity contribution in [2.24, 2.45) is 0 Å². The number of likely N-dealkylation sites (N-methyl/N-ethyl adjacent to an activating group) is 1. The van der Waals surface area contributed by atoms with Crippen molar-refractivity contribution in [3.8, 4) is 0 Å². The lowest BCUT2D eigenvalue weighted by Gasteiger charge is -2.29. The molecular formula is C25H29N3O7. The topological polar surface area (TPSA) is 113 Å². The molecule has 2 aromatic rings. The Morgan fingerprint density at radius 1 is 1.03 bits per heavy atom. The Hall–Kier alpha value is -4.05. The highest BCUT2D eigenvalue weighted by Crippen LogP contribution is 2.39. The normalized spacial score (nSPS) is 15.5. The van der Waals surface area contributed by atoms with E-state index in [0.29, 0.717) is 34.8 Å². The molecule has 1 aromatic heterocycles. The Morgan fingerprint density at radius 3 is 2.31 bits per heavy atom. The molecule has 1 aliphatic rings. The Morgan fingerprint density at radius 2 is 1.69 bits per heavy atom. The second kappa shape index (κ2) is 11.9. The lowest BCUT2D eigenvalue weighted by molar-refractivity contribution is -0.605. The van der Waals surface area contributed by atoms with Crippen LogP contribution in [0.4, 0.5) is 9.59 Å². The molecule has 2 heterocycles. The molecule has 0 bridgehead atoms. The van der Waals surface area contributed by atoms with Gasteiger partial charge < -0.3 is 29.5 Å². The molecule has 186 valence electrons. The summed E-state index contributed by atoms with van der Waals surface area (Å²) in [4.78, 5) is 26.5. The van der Waals surface area contributed by atoms with E-state index in [-0.39, 0.29) is 18.1 Å². The Labute approximate surface area is 203 Å². The first-order valence-electron chi connectivity index (χ1n) is 11.0. The number of methoxy groups -OCH3 is 1. The van der Waals surface area contributed by atoms with Crippen molar-refractivity contribution in [2.75, 3.05) is 27.3 Å². The van der Waals surface area contributed by atoms with Crippen molar-refractivity contribution in [1.29, 1.82) is 0 Å². The number of nitrogens with zero attached hydrogens (tertiary/aromatic N) is 2. The van der Waals surface area contributed by atoms with E-state index in [1.54, 1.807) is 26.0 Å². The van der Waals surface area contributed by atoms with Crippen LogP contribution in [-0.4, -0.2) is 44.5 Å². The number of benzene rings is 1. The average Bonchev–Trinajstić information content (AvgIpc) is 2.82. The molecule has 35 heavy (non-hydrogen) atoms. The predicted molar refractivity (Wildman–Crippen MR) is 125 cm³/mol. The van der Waals surface area contributed by atoms with Crippen LogP contribution in [0.15, 0.2) is 77.8 Å². The van der Waals surface area contributed by atoms with Crippen LogP contribution in [0.1, 0.15) is 30.9 Å². The van der Waals surface area contributed by atoms with Gasteiger partial charge >= 0.3 is 12.3 Å². The third-order valence-electron chi connectivity index (χ3n) is 5.31. The molecule has 1 aromatic carbocycles. The maximum absolute atomic E-state index is 12.6. The van der Waals surface area contributed by atoms with Crippen molar-refractivity contribution in [1.82, 2.24) is 10.2 Å². The van der Waals surface area contributed by atoms with Gasteiger partial charge in [-0.2, -0.15) is 4.73 Å². The van der Waals surface area contributed by atoms with Crippen LogP contribution in [0.2, 0.25) is 0 Å². The summed E-state index contributed by atoms with van der Waals surface area (Å²) < 4.78 is 21.5. The van der Waals surface area contributed by atoms with Crippen LogP contribution in [0.5, 0.6) is 0 Å². The zero-order chi connectivity index (χ0) is 25.4. The predicted octanol–water partition coefficient (Wildman–Crippen LogP) is 3.54. The van der Waals surface area contributed by atoms with Gasteiger partial charge in [-0.15, -0.1) is 0 Å². The summed E-state index contributed by atoms with van der Waals surface area (Å²) in [6, 6.07) is 13.2. The standard InChI is InChI=1S/C25H29N3O7/c1-17-22(34-24(29)32-4)21(20-11-8-12-28(31)16-20)23(18(2)26-17)35-25(30)33-14-13-27(3)15-19-9-6-5-7-10-19/h5-12,16,21,26H,13-15H2,1-4H3. The van der Waals surface area contributed by atoms with E-state index in [2.05, 4.69) is 10.1 Å². The van der Waals surface area contributed by atoms with Gasteiger partial charge in [-0.3, -0.25) is 4.90 Å².